The van der Waals surface area contributed by atoms with E-state index in [0.717, 1.165) is 40.0 Å². The molecule has 3 rings (SSSR count). The fourth-order valence-electron chi connectivity index (χ4n) is 2.47. The van der Waals surface area contributed by atoms with Crippen LogP contribution in [0.2, 0.25) is 5.02 Å². The fraction of sp³-hybridized carbons (Fsp3) is 0.500. The molecule has 0 saturated carbocycles. The van der Waals surface area contributed by atoms with Gasteiger partial charge in [-0.05, 0) is 44.6 Å². The molecule has 98 valence electrons. The number of ether oxygens (including phenoxy) is 1. The van der Waals surface area contributed by atoms with Crippen molar-refractivity contribution in [3.63, 3.8) is 0 Å². The van der Waals surface area contributed by atoms with Crippen LogP contribution in [0.15, 0.2) is 10.5 Å². The van der Waals surface area contributed by atoms with Gasteiger partial charge in [0.05, 0.1) is 15.5 Å². The summed E-state index contributed by atoms with van der Waals surface area (Å²) in [5, 5.41) is 4.11. The van der Waals surface area contributed by atoms with Gasteiger partial charge in [-0.2, -0.15) is 0 Å². The van der Waals surface area contributed by atoms with Crippen LogP contribution < -0.4 is 10.1 Å². The first-order chi connectivity index (χ1) is 8.66. The number of nitrogens with one attached hydrogen (secondary N) is 1. The standard InChI is InChI=1S/C12H13BrClIN2O/c13-10-9(15)3-7-5-17-2-1-16-4-8(17)6-18-12(7)11(10)14/h3,8,16H,1-2,4-6H2/t8-/m1/s1. The van der Waals surface area contributed by atoms with Crippen molar-refractivity contribution in [2.75, 3.05) is 26.2 Å². The van der Waals surface area contributed by atoms with E-state index in [1.54, 1.807) is 0 Å². The first-order valence-corrected chi connectivity index (χ1v) is 8.15. The Morgan fingerprint density at radius 3 is 3.22 bits per heavy atom. The maximum atomic E-state index is 6.38. The van der Waals surface area contributed by atoms with Crippen LogP contribution in [-0.2, 0) is 6.54 Å². The molecule has 6 heteroatoms. The van der Waals surface area contributed by atoms with Crippen molar-refractivity contribution in [1.82, 2.24) is 10.2 Å². The second-order valence-corrected chi connectivity index (χ2v) is 6.95. The van der Waals surface area contributed by atoms with Gasteiger partial charge in [0, 0.05) is 35.3 Å². The molecule has 0 bridgehead atoms. The van der Waals surface area contributed by atoms with E-state index < -0.39 is 0 Å². The summed E-state index contributed by atoms with van der Waals surface area (Å²) in [4.78, 5) is 2.47. The minimum Gasteiger partial charge on any atom is -0.490 e. The predicted octanol–water partition coefficient (Wildman–Crippen LogP) is 2.87. The maximum Gasteiger partial charge on any atom is 0.143 e. The summed E-state index contributed by atoms with van der Waals surface area (Å²) in [6.07, 6.45) is 0. The summed E-state index contributed by atoms with van der Waals surface area (Å²) in [5.41, 5.74) is 1.19. The second-order valence-electron chi connectivity index (χ2n) is 4.61. The Balaban J connectivity index is 1.99. The van der Waals surface area contributed by atoms with Crippen molar-refractivity contribution in [3.05, 3.63) is 24.7 Å². The van der Waals surface area contributed by atoms with E-state index in [0.29, 0.717) is 17.7 Å². The number of benzene rings is 1. The zero-order valence-corrected chi connectivity index (χ0v) is 14.2. The van der Waals surface area contributed by atoms with E-state index in [1.807, 2.05) is 0 Å². The zero-order valence-electron chi connectivity index (χ0n) is 9.68. The Hall–Kier alpha value is 0.440. The Bertz CT molecular complexity index is 486. The number of halogens is 3. The van der Waals surface area contributed by atoms with Crippen LogP contribution in [0.3, 0.4) is 0 Å². The summed E-state index contributed by atoms with van der Waals surface area (Å²) in [5.74, 6) is 0.846. The van der Waals surface area contributed by atoms with Gasteiger partial charge in [0.1, 0.15) is 12.4 Å². The highest BCUT2D eigenvalue weighted by atomic mass is 127. The van der Waals surface area contributed by atoms with Gasteiger partial charge in [-0.1, -0.05) is 11.6 Å². The highest BCUT2D eigenvalue weighted by Gasteiger charge is 2.29. The molecule has 1 aromatic carbocycles. The molecule has 0 aliphatic carbocycles. The Kier molecular flexibility index (Phi) is 4.06. The molecule has 3 nitrogen and oxygen atoms in total. The summed E-state index contributed by atoms with van der Waals surface area (Å²) in [6, 6.07) is 2.61. The molecule has 1 atom stereocenters. The predicted molar refractivity (Wildman–Crippen MR) is 84.4 cm³/mol. The number of piperazine rings is 1. The highest BCUT2D eigenvalue weighted by Crippen LogP contribution is 2.40. The third-order valence-corrected chi connectivity index (χ3v) is 6.46. The van der Waals surface area contributed by atoms with Crippen LogP contribution in [-0.4, -0.2) is 37.2 Å². The first-order valence-electron chi connectivity index (χ1n) is 5.90. The molecule has 1 N–H and O–H groups in total. The molecule has 1 saturated heterocycles. The van der Waals surface area contributed by atoms with E-state index in [-0.39, 0.29) is 0 Å². The largest absolute Gasteiger partial charge is 0.490 e. The third-order valence-electron chi connectivity index (χ3n) is 3.46. The van der Waals surface area contributed by atoms with E-state index in [2.05, 4.69) is 54.8 Å². The number of hydrogen-bond donors (Lipinski definition) is 1. The van der Waals surface area contributed by atoms with E-state index in [1.165, 1.54) is 5.56 Å². The zero-order chi connectivity index (χ0) is 12.7. The van der Waals surface area contributed by atoms with Crippen molar-refractivity contribution >= 4 is 50.1 Å². The van der Waals surface area contributed by atoms with E-state index in [9.17, 15) is 0 Å². The van der Waals surface area contributed by atoms with Gasteiger partial charge >= 0.3 is 0 Å². The summed E-state index contributed by atoms with van der Waals surface area (Å²) in [6.45, 7) is 4.73. The van der Waals surface area contributed by atoms with E-state index >= 15 is 0 Å². The van der Waals surface area contributed by atoms with Crippen LogP contribution in [0.1, 0.15) is 5.56 Å². The number of hydrogen-bond acceptors (Lipinski definition) is 3. The maximum absolute atomic E-state index is 6.38. The number of nitrogens with zero attached hydrogens (tertiary/aromatic N) is 1. The SMILES string of the molecule is Clc1c(Br)c(I)cc2c1OC[C@H]1CNCCN1C2. The average Bonchev–Trinajstić information content (AvgIpc) is 2.55. The molecule has 2 aliphatic rings. The molecule has 1 aromatic rings. The van der Waals surface area contributed by atoms with Crippen LogP contribution >= 0.6 is 50.1 Å². The van der Waals surface area contributed by atoms with Crippen molar-refractivity contribution in [3.8, 4) is 5.75 Å². The monoisotopic (exact) mass is 442 g/mol. The van der Waals surface area contributed by atoms with Crippen LogP contribution in [0, 0.1) is 3.57 Å². The van der Waals surface area contributed by atoms with Gasteiger partial charge in [0.2, 0.25) is 0 Å². The molecule has 2 aliphatic heterocycles. The lowest BCUT2D eigenvalue weighted by atomic mass is 10.1. The summed E-state index contributed by atoms with van der Waals surface area (Å²) in [7, 11) is 0. The minimum atomic E-state index is 0.443. The highest BCUT2D eigenvalue weighted by molar-refractivity contribution is 14.1. The molecule has 0 unspecified atom stereocenters. The lowest BCUT2D eigenvalue weighted by Crippen LogP contribution is -2.52. The molecule has 0 spiro atoms. The van der Waals surface area contributed by atoms with E-state index in [4.69, 9.17) is 16.3 Å². The topological polar surface area (TPSA) is 24.5 Å². The number of fused-ring (bicyclic) bond motifs is 2. The van der Waals surface area contributed by atoms with Gasteiger partial charge in [0.15, 0.2) is 0 Å². The lowest BCUT2D eigenvalue weighted by molar-refractivity contribution is 0.120. The average molecular weight is 444 g/mol. The van der Waals surface area contributed by atoms with Crippen molar-refractivity contribution < 1.29 is 4.74 Å². The van der Waals surface area contributed by atoms with Crippen LogP contribution in [0.5, 0.6) is 5.75 Å². The normalized spacial score (nSPS) is 23.8. The minimum absolute atomic E-state index is 0.443. The molecule has 0 aromatic heterocycles. The second kappa shape index (κ2) is 5.44. The molecular weight excluding hydrogens is 430 g/mol. The van der Waals surface area contributed by atoms with Crippen LogP contribution in [0.4, 0.5) is 0 Å². The quantitative estimate of drug-likeness (QED) is 0.493. The van der Waals surface area contributed by atoms with Crippen molar-refractivity contribution in [2.45, 2.75) is 12.6 Å². The summed E-state index contributed by atoms with van der Waals surface area (Å²) >= 11 is 12.2. The molecule has 1 fully saturated rings. The Morgan fingerprint density at radius 1 is 1.56 bits per heavy atom. The Labute approximate surface area is 133 Å². The molecule has 2 heterocycles. The molecule has 18 heavy (non-hydrogen) atoms. The van der Waals surface area contributed by atoms with Crippen molar-refractivity contribution in [2.24, 2.45) is 0 Å². The van der Waals surface area contributed by atoms with Gasteiger partial charge in [0.25, 0.3) is 0 Å². The first kappa shape index (κ1) is 13.4. The van der Waals surface area contributed by atoms with Gasteiger partial charge in [-0.15, -0.1) is 0 Å². The third kappa shape index (κ3) is 2.40. The summed E-state index contributed by atoms with van der Waals surface area (Å²) < 4.78 is 8.00. The number of rotatable bonds is 0. The van der Waals surface area contributed by atoms with Crippen molar-refractivity contribution in [1.29, 1.82) is 0 Å². The Morgan fingerprint density at radius 2 is 2.39 bits per heavy atom. The van der Waals surface area contributed by atoms with Gasteiger partial charge in [-0.3, -0.25) is 4.90 Å². The molecular formula is C12H13BrClIN2O. The van der Waals surface area contributed by atoms with Crippen LogP contribution in [0.25, 0.3) is 0 Å². The van der Waals surface area contributed by atoms with Gasteiger partial charge < -0.3 is 10.1 Å². The lowest BCUT2D eigenvalue weighted by Gasteiger charge is -2.33. The smallest absolute Gasteiger partial charge is 0.143 e. The molecule has 0 radical (unpaired) electrons. The molecule has 0 amide bonds. The van der Waals surface area contributed by atoms with Gasteiger partial charge in [-0.25, -0.2) is 0 Å². The fourth-order valence-corrected chi connectivity index (χ4v) is 3.85.